The molecule has 0 bridgehead atoms. The Morgan fingerprint density at radius 1 is 1.04 bits per heavy atom. The molecule has 27 heavy (non-hydrogen) atoms. The van der Waals surface area contributed by atoms with E-state index in [0.29, 0.717) is 13.0 Å². The molecule has 2 aromatic carbocycles. The van der Waals surface area contributed by atoms with Gasteiger partial charge in [-0.05, 0) is 30.2 Å². The zero-order valence-corrected chi connectivity index (χ0v) is 16.0. The minimum absolute atomic E-state index is 0.145. The first-order chi connectivity index (χ1) is 13.2. The van der Waals surface area contributed by atoms with Gasteiger partial charge < -0.3 is 15.4 Å². The van der Waals surface area contributed by atoms with Crippen molar-refractivity contribution in [2.24, 2.45) is 5.73 Å². The highest BCUT2D eigenvalue weighted by molar-refractivity contribution is 5.77. The Balaban J connectivity index is 1.44. The fourth-order valence-corrected chi connectivity index (χ4v) is 3.41. The average Bonchev–Trinajstić information content (AvgIpc) is 2.71. The third kappa shape index (κ3) is 5.55. The molecule has 2 aromatic rings. The van der Waals surface area contributed by atoms with Crippen molar-refractivity contribution in [3.05, 3.63) is 65.7 Å². The van der Waals surface area contributed by atoms with E-state index in [1.807, 2.05) is 54.3 Å². The van der Waals surface area contributed by atoms with E-state index in [4.69, 9.17) is 10.5 Å². The number of rotatable bonds is 7. The first-order valence-electron chi connectivity index (χ1n) is 9.68. The van der Waals surface area contributed by atoms with Crippen LogP contribution in [0.15, 0.2) is 54.6 Å². The zero-order valence-electron chi connectivity index (χ0n) is 16.0. The molecular formula is C22H29N3O2. The maximum atomic E-state index is 12.6. The molecule has 2 N–H and O–H groups in total. The lowest BCUT2D eigenvalue weighted by atomic mass is 10.0. The van der Waals surface area contributed by atoms with Gasteiger partial charge in [0.05, 0.1) is 6.61 Å². The first-order valence-corrected chi connectivity index (χ1v) is 9.68. The summed E-state index contributed by atoms with van der Waals surface area (Å²) >= 11 is 0. The number of piperazine rings is 1. The molecule has 0 spiro atoms. The van der Waals surface area contributed by atoms with E-state index in [2.05, 4.69) is 17.0 Å². The van der Waals surface area contributed by atoms with Crippen molar-refractivity contribution < 1.29 is 9.53 Å². The monoisotopic (exact) mass is 367 g/mol. The van der Waals surface area contributed by atoms with Crippen LogP contribution in [-0.2, 0) is 11.3 Å². The summed E-state index contributed by atoms with van der Waals surface area (Å²) in [6.45, 7) is 6.87. The van der Waals surface area contributed by atoms with Gasteiger partial charge in [0.15, 0.2) is 0 Å². The molecule has 1 unspecified atom stereocenters. The lowest BCUT2D eigenvalue weighted by Crippen LogP contribution is -2.48. The van der Waals surface area contributed by atoms with E-state index >= 15 is 0 Å². The van der Waals surface area contributed by atoms with Crippen LogP contribution in [0.1, 0.15) is 30.5 Å². The molecular weight excluding hydrogens is 338 g/mol. The topological polar surface area (TPSA) is 58.8 Å². The van der Waals surface area contributed by atoms with Crippen LogP contribution in [0.4, 0.5) is 0 Å². The van der Waals surface area contributed by atoms with E-state index in [9.17, 15) is 4.79 Å². The van der Waals surface area contributed by atoms with E-state index in [-0.39, 0.29) is 11.9 Å². The van der Waals surface area contributed by atoms with Crippen LogP contribution < -0.4 is 10.5 Å². The van der Waals surface area contributed by atoms with Gasteiger partial charge in [-0.3, -0.25) is 9.69 Å². The molecule has 0 aliphatic carbocycles. The molecule has 1 fully saturated rings. The van der Waals surface area contributed by atoms with Crippen LogP contribution in [0.2, 0.25) is 0 Å². The standard InChI is InChI=1S/C22H29N3O2/c1-2-27-20-10-8-18(9-11-20)17-24-12-14-25(15-13-24)22(26)16-21(23)19-6-4-3-5-7-19/h3-11,21H,2,12-17,23H2,1H3. The highest BCUT2D eigenvalue weighted by Gasteiger charge is 2.23. The highest BCUT2D eigenvalue weighted by atomic mass is 16.5. The van der Waals surface area contributed by atoms with Crippen LogP contribution in [-0.4, -0.2) is 48.5 Å². The summed E-state index contributed by atoms with van der Waals surface area (Å²) in [6.07, 6.45) is 0.364. The summed E-state index contributed by atoms with van der Waals surface area (Å²) in [7, 11) is 0. The van der Waals surface area contributed by atoms with Gasteiger partial charge in [0.25, 0.3) is 0 Å². The van der Waals surface area contributed by atoms with Gasteiger partial charge in [-0.2, -0.15) is 0 Å². The normalized spacial score (nSPS) is 16.1. The van der Waals surface area contributed by atoms with E-state index in [1.165, 1.54) is 5.56 Å². The fourth-order valence-electron chi connectivity index (χ4n) is 3.41. The summed E-state index contributed by atoms with van der Waals surface area (Å²) in [5, 5.41) is 0. The number of hydrogen-bond acceptors (Lipinski definition) is 4. The fraction of sp³-hybridized carbons (Fsp3) is 0.409. The smallest absolute Gasteiger partial charge is 0.224 e. The van der Waals surface area contributed by atoms with Crippen molar-refractivity contribution in [1.82, 2.24) is 9.80 Å². The van der Waals surface area contributed by atoms with E-state index in [1.54, 1.807) is 0 Å². The van der Waals surface area contributed by atoms with Gasteiger partial charge in [0.2, 0.25) is 5.91 Å². The molecule has 3 rings (SSSR count). The minimum atomic E-state index is -0.236. The Kier molecular flexibility index (Phi) is 6.85. The van der Waals surface area contributed by atoms with Gasteiger partial charge in [0, 0.05) is 45.2 Å². The van der Waals surface area contributed by atoms with E-state index < -0.39 is 0 Å². The van der Waals surface area contributed by atoms with Crippen molar-refractivity contribution in [3.63, 3.8) is 0 Å². The number of ether oxygens (including phenoxy) is 1. The predicted octanol–water partition coefficient (Wildman–Crippen LogP) is 2.82. The van der Waals surface area contributed by atoms with Crippen LogP contribution in [0.25, 0.3) is 0 Å². The van der Waals surface area contributed by atoms with Crippen molar-refractivity contribution in [3.8, 4) is 5.75 Å². The second-order valence-electron chi connectivity index (χ2n) is 6.96. The number of amides is 1. The third-order valence-corrected chi connectivity index (χ3v) is 4.99. The maximum Gasteiger partial charge on any atom is 0.224 e. The molecule has 1 atom stereocenters. The summed E-state index contributed by atoms with van der Waals surface area (Å²) in [5.74, 6) is 1.05. The van der Waals surface area contributed by atoms with Gasteiger partial charge in [-0.25, -0.2) is 0 Å². The Bertz CT molecular complexity index is 710. The van der Waals surface area contributed by atoms with Crippen LogP contribution in [0, 0.1) is 0 Å². The van der Waals surface area contributed by atoms with Crippen LogP contribution in [0.3, 0.4) is 0 Å². The second kappa shape index (κ2) is 9.53. The maximum absolute atomic E-state index is 12.6. The molecule has 5 heteroatoms. The summed E-state index contributed by atoms with van der Waals surface area (Å²) in [5.41, 5.74) is 8.48. The Labute approximate surface area is 161 Å². The molecule has 1 aliphatic heterocycles. The Morgan fingerprint density at radius 3 is 2.33 bits per heavy atom. The zero-order chi connectivity index (χ0) is 19.1. The van der Waals surface area contributed by atoms with Gasteiger partial charge >= 0.3 is 0 Å². The molecule has 1 heterocycles. The molecule has 0 saturated carbocycles. The van der Waals surface area contributed by atoms with Gasteiger partial charge in [-0.1, -0.05) is 42.5 Å². The minimum Gasteiger partial charge on any atom is -0.494 e. The van der Waals surface area contributed by atoms with Crippen molar-refractivity contribution in [2.75, 3.05) is 32.8 Å². The lowest BCUT2D eigenvalue weighted by molar-refractivity contribution is -0.133. The molecule has 1 amide bonds. The summed E-state index contributed by atoms with van der Waals surface area (Å²) in [6, 6.07) is 17.9. The number of nitrogens with zero attached hydrogens (tertiary/aromatic N) is 2. The summed E-state index contributed by atoms with van der Waals surface area (Å²) < 4.78 is 5.49. The molecule has 0 radical (unpaired) electrons. The number of carbonyl (C=O) groups excluding carboxylic acids is 1. The first kappa shape index (κ1) is 19.4. The molecule has 144 valence electrons. The third-order valence-electron chi connectivity index (χ3n) is 4.99. The lowest BCUT2D eigenvalue weighted by Gasteiger charge is -2.35. The Morgan fingerprint density at radius 2 is 1.70 bits per heavy atom. The molecule has 1 saturated heterocycles. The highest BCUT2D eigenvalue weighted by Crippen LogP contribution is 2.17. The van der Waals surface area contributed by atoms with E-state index in [0.717, 1.165) is 44.0 Å². The molecule has 0 aromatic heterocycles. The average molecular weight is 367 g/mol. The van der Waals surface area contributed by atoms with Crippen molar-refractivity contribution >= 4 is 5.91 Å². The quantitative estimate of drug-likeness (QED) is 0.818. The number of benzene rings is 2. The number of carbonyl (C=O) groups is 1. The SMILES string of the molecule is CCOc1ccc(CN2CCN(C(=O)CC(N)c3ccccc3)CC2)cc1. The van der Waals surface area contributed by atoms with Crippen LogP contribution in [0.5, 0.6) is 5.75 Å². The van der Waals surface area contributed by atoms with Crippen molar-refractivity contribution in [2.45, 2.75) is 25.9 Å². The second-order valence-corrected chi connectivity index (χ2v) is 6.96. The van der Waals surface area contributed by atoms with Gasteiger partial charge in [0.1, 0.15) is 5.75 Å². The summed E-state index contributed by atoms with van der Waals surface area (Å²) in [4.78, 5) is 16.9. The number of hydrogen-bond donors (Lipinski definition) is 1. The van der Waals surface area contributed by atoms with Crippen LogP contribution >= 0.6 is 0 Å². The molecule has 5 nitrogen and oxygen atoms in total. The largest absolute Gasteiger partial charge is 0.494 e. The number of nitrogens with two attached hydrogens (primary N) is 1. The van der Waals surface area contributed by atoms with Crippen molar-refractivity contribution in [1.29, 1.82) is 0 Å². The molecule has 1 aliphatic rings. The van der Waals surface area contributed by atoms with Gasteiger partial charge in [-0.15, -0.1) is 0 Å². The predicted molar refractivity (Wildman–Crippen MR) is 107 cm³/mol. The Hall–Kier alpha value is -2.37.